The molecule has 0 radical (unpaired) electrons. The maximum Gasteiger partial charge on any atom is 0.251 e. The third-order valence-corrected chi connectivity index (χ3v) is 3.56. The number of hydrogen-bond acceptors (Lipinski definition) is 3. The molecule has 2 aromatic rings. The summed E-state index contributed by atoms with van der Waals surface area (Å²) < 4.78 is 5.54. The third kappa shape index (κ3) is 5.64. The zero-order chi connectivity index (χ0) is 18.4. The van der Waals surface area contributed by atoms with Crippen LogP contribution in [0.1, 0.15) is 35.3 Å². The molecule has 0 aliphatic rings. The molecule has 0 atom stereocenters. The SMILES string of the molecule is Cc1ccc(C)c(NC(=O)CNC(=O)c2ccc(OC(C)C)cc2)c1. The van der Waals surface area contributed by atoms with E-state index in [2.05, 4.69) is 10.6 Å². The van der Waals surface area contributed by atoms with E-state index in [9.17, 15) is 9.59 Å². The molecule has 0 aliphatic carbocycles. The van der Waals surface area contributed by atoms with Crippen molar-refractivity contribution in [3.8, 4) is 5.75 Å². The van der Waals surface area contributed by atoms with Gasteiger partial charge in [0.15, 0.2) is 0 Å². The van der Waals surface area contributed by atoms with Gasteiger partial charge >= 0.3 is 0 Å². The lowest BCUT2D eigenvalue weighted by molar-refractivity contribution is -0.115. The van der Waals surface area contributed by atoms with E-state index >= 15 is 0 Å². The summed E-state index contributed by atoms with van der Waals surface area (Å²) in [6, 6.07) is 12.7. The Morgan fingerprint density at radius 2 is 1.72 bits per heavy atom. The van der Waals surface area contributed by atoms with Gasteiger partial charge in [-0.3, -0.25) is 9.59 Å². The zero-order valence-corrected chi connectivity index (χ0v) is 15.1. The molecule has 132 valence electrons. The number of aryl methyl sites for hydroxylation is 2. The van der Waals surface area contributed by atoms with E-state index < -0.39 is 0 Å². The molecule has 0 unspecified atom stereocenters. The van der Waals surface area contributed by atoms with E-state index in [1.165, 1.54) is 0 Å². The minimum atomic E-state index is -0.299. The molecule has 0 fully saturated rings. The van der Waals surface area contributed by atoms with Crippen LogP contribution in [0.4, 0.5) is 5.69 Å². The van der Waals surface area contributed by atoms with Gasteiger partial charge < -0.3 is 15.4 Å². The monoisotopic (exact) mass is 340 g/mol. The summed E-state index contributed by atoms with van der Waals surface area (Å²) >= 11 is 0. The Morgan fingerprint density at radius 3 is 2.36 bits per heavy atom. The quantitative estimate of drug-likeness (QED) is 0.846. The van der Waals surface area contributed by atoms with Crippen molar-refractivity contribution in [3.05, 3.63) is 59.2 Å². The van der Waals surface area contributed by atoms with Gasteiger partial charge in [0.1, 0.15) is 5.75 Å². The van der Waals surface area contributed by atoms with Crippen molar-refractivity contribution in [2.75, 3.05) is 11.9 Å². The van der Waals surface area contributed by atoms with Crippen LogP contribution in [0.5, 0.6) is 5.75 Å². The number of nitrogens with one attached hydrogen (secondary N) is 2. The first kappa shape index (κ1) is 18.5. The number of carbonyl (C=O) groups excluding carboxylic acids is 2. The van der Waals surface area contributed by atoms with Gasteiger partial charge in [0.05, 0.1) is 12.6 Å². The van der Waals surface area contributed by atoms with Crippen LogP contribution in [0.3, 0.4) is 0 Å². The zero-order valence-electron chi connectivity index (χ0n) is 15.1. The molecule has 0 aromatic heterocycles. The molecule has 2 N–H and O–H groups in total. The van der Waals surface area contributed by atoms with Crippen LogP contribution in [0, 0.1) is 13.8 Å². The lowest BCUT2D eigenvalue weighted by Gasteiger charge is -2.11. The van der Waals surface area contributed by atoms with Crippen molar-refractivity contribution in [1.82, 2.24) is 5.32 Å². The molecule has 0 bridgehead atoms. The van der Waals surface area contributed by atoms with Gasteiger partial charge in [-0.25, -0.2) is 0 Å². The first-order chi connectivity index (χ1) is 11.8. The highest BCUT2D eigenvalue weighted by Crippen LogP contribution is 2.16. The normalized spacial score (nSPS) is 10.4. The predicted octanol–water partition coefficient (Wildman–Crippen LogP) is 3.46. The Morgan fingerprint density at radius 1 is 1.04 bits per heavy atom. The number of amides is 2. The summed E-state index contributed by atoms with van der Waals surface area (Å²) in [5.41, 5.74) is 3.28. The molecular weight excluding hydrogens is 316 g/mol. The van der Waals surface area contributed by atoms with Crippen molar-refractivity contribution in [1.29, 1.82) is 0 Å². The van der Waals surface area contributed by atoms with E-state index in [0.717, 1.165) is 16.8 Å². The maximum absolute atomic E-state index is 12.1. The Labute approximate surface area is 148 Å². The van der Waals surface area contributed by atoms with E-state index in [1.54, 1.807) is 24.3 Å². The third-order valence-electron chi connectivity index (χ3n) is 3.56. The van der Waals surface area contributed by atoms with Crippen molar-refractivity contribution in [3.63, 3.8) is 0 Å². The topological polar surface area (TPSA) is 67.4 Å². The fourth-order valence-corrected chi connectivity index (χ4v) is 2.28. The van der Waals surface area contributed by atoms with Crippen molar-refractivity contribution in [2.24, 2.45) is 0 Å². The highest BCUT2D eigenvalue weighted by molar-refractivity contribution is 5.99. The molecule has 5 heteroatoms. The van der Waals surface area contributed by atoms with Gasteiger partial charge in [-0.1, -0.05) is 12.1 Å². The highest BCUT2D eigenvalue weighted by Gasteiger charge is 2.10. The summed E-state index contributed by atoms with van der Waals surface area (Å²) in [5, 5.41) is 5.44. The Balaban J connectivity index is 1.88. The number of ether oxygens (including phenoxy) is 1. The number of rotatable bonds is 6. The van der Waals surface area contributed by atoms with Crippen molar-refractivity contribution >= 4 is 17.5 Å². The molecule has 2 aromatic carbocycles. The summed E-state index contributed by atoms with van der Waals surface area (Å²) in [7, 11) is 0. The van der Waals surface area contributed by atoms with Gasteiger partial charge in [0.25, 0.3) is 5.91 Å². The summed E-state index contributed by atoms with van der Waals surface area (Å²) in [4.78, 5) is 24.2. The largest absolute Gasteiger partial charge is 0.491 e. The van der Waals surface area contributed by atoms with Gasteiger partial charge in [-0.05, 0) is 69.2 Å². The Kier molecular flexibility index (Phi) is 6.17. The standard InChI is InChI=1S/C20H24N2O3/c1-13(2)25-17-9-7-16(8-10-17)20(24)21-12-19(23)22-18-11-14(3)5-6-15(18)4/h5-11,13H,12H2,1-4H3,(H,21,24)(H,22,23). The van der Waals surface area contributed by atoms with Crippen LogP contribution in [-0.2, 0) is 4.79 Å². The molecule has 0 saturated carbocycles. The Hall–Kier alpha value is -2.82. The second-order valence-corrected chi connectivity index (χ2v) is 6.24. The van der Waals surface area contributed by atoms with Crippen LogP contribution in [0.25, 0.3) is 0 Å². The van der Waals surface area contributed by atoms with Gasteiger partial charge in [-0.2, -0.15) is 0 Å². The number of anilines is 1. The Bertz CT molecular complexity index is 752. The van der Waals surface area contributed by atoms with Crippen LogP contribution in [0.15, 0.2) is 42.5 Å². The van der Waals surface area contributed by atoms with Gasteiger partial charge in [-0.15, -0.1) is 0 Å². The van der Waals surface area contributed by atoms with E-state index in [0.29, 0.717) is 11.3 Å². The molecule has 2 rings (SSSR count). The molecule has 2 amide bonds. The smallest absolute Gasteiger partial charge is 0.251 e. The minimum Gasteiger partial charge on any atom is -0.491 e. The molecule has 5 nitrogen and oxygen atoms in total. The van der Waals surface area contributed by atoms with Crippen LogP contribution >= 0.6 is 0 Å². The first-order valence-electron chi connectivity index (χ1n) is 8.27. The summed E-state index contributed by atoms with van der Waals surface area (Å²) in [5.74, 6) is 0.147. The molecule has 25 heavy (non-hydrogen) atoms. The van der Waals surface area contributed by atoms with Crippen LogP contribution in [-0.4, -0.2) is 24.5 Å². The highest BCUT2D eigenvalue weighted by atomic mass is 16.5. The average Bonchev–Trinajstić information content (AvgIpc) is 2.56. The van der Waals surface area contributed by atoms with E-state index in [1.807, 2.05) is 45.9 Å². The fraction of sp³-hybridized carbons (Fsp3) is 0.300. The summed E-state index contributed by atoms with van der Waals surface area (Å²) in [6.07, 6.45) is 0.0773. The second-order valence-electron chi connectivity index (χ2n) is 6.24. The van der Waals surface area contributed by atoms with Crippen molar-refractivity contribution in [2.45, 2.75) is 33.8 Å². The number of hydrogen-bond donors (Lipinski definition) is 2. The molecule has 0 aliphatic heterocycles. The molecular formula is C20H24N2O3. The van der Waals surface area contributed by atoms with Gasteiger partial charge in [0.2, 0.25) is 5.91 Å². The lowest BCUT2D eigenvalue weighted by Crippen LogP contribution is -2.33. The van der Waals surface area contributed by atoms with Crippen LogP contribution < -0.4 is 15.4 Å². The van der Waals surface area contributed by atoms with E-state index in [-0.39, 0.29) is 24.5 Å². The fourth-order valence-electron chi connectivity index (χ4n) is 2.28. The number of carbonyl (C=O) groups is 2. The summed E-state index contributed by atoms with van der Waals surface area (Å²) in [6.45, 7) is 7.68. The van der Waals surface area contributed by atoms with Gasteiger partial charge in [0, 0.05) is 11.3 Å². The maximum atomic E-state index is 12.1. The predicted molar refractivity (Wildman–Crippen MR) is 99.1 cm³/mol. The second kappa shape index (κ2) is 8.33. The van der Waals surface area contributed by atoms with Crippen LogP contribution in [0.2, 0.25) is 0 Å². The number of benzene rings is 2. The molecule has 0 spiro atoms. The minimum absolute atomic E-state index is 0.0773. The molecule has 0 saturated heterocycles. The molecule has 0 heterocycles. The lowest BCUT2D eigenvalue weighted by atomic mass is 10.1. The first-order valence-corrected chi connectivity index (χ1v) is 8.27. The average molecular weight is 340 g/mol. The van der Waals surface area contributed by atoms with Crippen molar-refractivity contribution < 1.29 is 14.3 Å². The van der Waals surface area contributed by atoms with E-state index in [4.69, 9.17) is 4.74 Å².